The summed E-state index contributed by atoms with van der Waals surface area (Å²) >= 11 is 0. The van der Waals surface area contributed by atoms with Gasteiger partial charge in [0.15, 0.2) is 0 Å². The molecule has 0 atom stereocenters. The first-order valence-electron chi connectivity index (χ1n) is 11.2. The van der Waals surface area contributed by atoms with Crippen LogP contribution in [0.3, 0.4) is 0 Å². The van der Waals surface area contributed by atoms with Gasteiger partial charge < -0.3 is 10.1 Å². The molecule has 0 spiro atoms. The average Bonchev–Trinajstić information content (AvgIpc) is 2.84. The number of amides is 1. The molecule has 1 N–H and O–H groups in total. The molecule has 0 unspecified atom stereocenters. The first-order valence-corrected chi connectivity index (χ1v) is 12.6. The van der Waals surface area contributed by atoms with Crippen LogP contribution in [0, 0.1) is 0 Å². The molecule has 0 fully saturated rings. The van der Waals surface area contributed by atoms with E-state index in [4.69, 9.17) is 4.74 Å². The van der Waals surface area contributed by atoms with Crippen LogP contribution in [0.25, 0.3) is 0 Å². The average molecular weight is 465 g/mol. The van der Waals surface area contributed by atoms with Gasteiger partial charge in [0.1, 0.15) is 5.75 Å². The van der Waals surface area contributed by atoms with Gasteiger partial charge in [0.05, 0.1) is 17.2 Å². The summed E-state index contributed by atoms with van der Waals surface area (Å²) < 4.78 is 33.4. The lowest BCUT2D eigenvalue weighted by Gasteiger charge is -2.30. The van der Waals surface area contributed by atoms with Crippen molar-refractivity contribution < 1.29 is 17.9 Å². The maximum atomic E-state index is 13.2. The van der Waals surface area contributed by atoms with E-state index in [1.54, 1.807) is 36.4 Å². The zero-order chi connectivity index (χ0) is 23.3. The number of ether oxygens (including phenoxy) is 1. The van der Waals surface area contributed by atoms with Gasteiger partial charge in [-0.15, -0.1) is 0 Å². The quantitative estimate of drug-likeness (QED) is 0.520. The zero-order valence-corrected chi connectivity index (χ0v) is 19.5. The Morgan fingerprint density at radius 2 is 1.73 bits per heavy atom. The second-order valence-electron chi connectivity index (χ2n) is 7.96. The molecule has 0 aliphatic carbocycles. The van der Waals surface area contributed by atoms with Crippen LogP contribution < -0.4 is 14.4 Å². The molecule has 4 rings (SSSR count). The number of benzene rings is 3. The summed E-state index contributed by atoms with van der Waals surface area (Å²) in [5, 5.41) is 2.87. The number of nitrogens with zero attached hydrogens (tertiary/aromatic N) is 1. The molecule has 1 heterocycles. The van der Waals surface area contributed by atoms with Crippen LogP contribution in [-0.4, -0.2) is 27.5 Å². The third-order valence-corrected chi connectivity index (χ3v) is 7.50. The molecular weight excluding hydrogens is 436 g/mol. The molecule has 1 aliphatic rings. The summed E-state index contributed by atoms with van der Waals surface area (Å²) in [5.41, 5.74) is 3.45. The summed E-state index contributed by atoms with van der Waals surface area (Å²) in [4.78, 5) is 12.6. The number of fused-ring (bicyclic) bond motifs is 1. The van der Waals surface area contributed by atoms with Gasteiger partial charge in [0.25, 0.3) is 10.0 Å². The number of hydrogen-bond acceptors (Lipinski definition) is 4. The van der Waals surface area contributed by atoms with Crippen molar-refractivity contribution in [2.24, 2.45) is 0 Å². The second kappa shape index (κ2) is 10.1. The highest BCUT2D eigenvalue weighted by Gasteiger charge is 2.28. The number of sulfonamides is 1. The van der Waals surface area contributed by atoms with Crippen LogP contribution in [0.4, 0.5) is 11.4 Å². The van der Waals surface area contributed by atoms with Crippen molar-refractivity contribution in [3.05, 3.63) is 83.9 Å². The monoisotopic (exact) mass is 464 g/mol. The largest absolute Gasteiger partial charge is 0.494 e. The van der Waals surface area contributed by atoms with Crippen molar-refractivity contribution >= 4 is 27.3 Å². The first kappa shape index (κ1) is 22.9. The number of nitrogens with one attached hydrogen (secondary N) is 1. The van der Waals surface area contributed by atoms with E-state index in [0.29, 0.717) is 31.7 Å². The van der Waals surface area contributed by atoms with Crippen LogP contribution >= 0.6 is 0 Å². The lowest BCUT2D eigenvalue weighted by molar-refractivity contribution is -0.116. The van der Waals surface area contributed by atoms with Crippen LogP contribution in [0.15, 0.2) is 77.7 Å². The molecule has 6 nitrogen and oxygen atoms in total. The number of carbonyl (C=O) groups excluding carboxylic acids is 1. The van der Waals surface area contributed by atoms with Crippen molar-refractivity contribution in [2.45, 2.75) is 37.5 Å². The standard InChI is InChI=1S/C26H28N2O4S/c1-2-32-23-14-12-22(13-15-23)27-26(29)18-11-20-9-16-24(17-10-20)33(30,31)28-19-5-7-21-6-3-4-8-25(21)28/h3-4,6,8-10,12-17H,2,5,7,11,18-19H2,1H3,(H,27,29). The van der Waals surface area contributed by atoms with Gasteiger partial charge in [-0.25, -0.2) is 8.42 Å². The van der Waals surface area contributed by atoms with E-state index in [9.17, 15) is 13.2 Å². The highest BCUT2D eigenvalue weighted by molar-refractivity contribution is 7.92. The SMILES string of the molecule is CCOc1ccc(NC(=O)CCc2ccc(S(=O)(=O)N3CCCc4ccccc43)cc2)cc1. The number of para-hydroxylation sites is 1. The minimum Gasteiger partial charge on any atom is -0.494 e. The molecule has 0 saturated carbocycles. The van der Waals surface area contributed by atoms with E-state index in [2.05, 4.69) is 5.32 Å². The van der Waals surface area contributed by atoms with E-state index in [-0.39, 0.29) is 10.8 Å². The Morgan fingerprint density at radius 3 is 2.45 bits per heavy atom. The van der Waals surface area contributed by atoms with Crippen LogP contribution in [0.5, 0.6) is 5.75 Å². The smallest absolute Gasteiger partial charge is 0.264 e. The minimum absolute atomic E-state index is 0.0965. The van der Waals surface area contributed by atoms with Gasteiger partial charge in [-0.2, -0.15) is 0 Å². The van der Waals surface area contributed by atoms with Gasteiger partial charge in [-0.05, 0) is 79.8 Å². The third kappa shape index (κ3) is 5.37. The predicted molar refractivity (Wildman–Crippen MR) is 130 cm³/mol. The molecule has 7 heteroatoms. The van der Waals surface area contributed by atoms with Gasteiger partial charge in [-0.1, -0.05) is 30.3 Å². The third-order valence-electron chi connectivity index (χ3n) is 5.67. The fourth-order valence-corrected chi connectivity index (χ4v) is 5.53. The zero-order valence-electron chi connectivity index (χ0n) is 18.7. The fourth-order valence-electron chi connectivity index (χ4n) is 3.99. The maximum Gasteiger partial charge on any atom is 0.264 e. The molecular formula is C26H28N2O4S. The molecule has 1 amide bonds. The Hall–Kier alpha value is -3.32. The normalized spacial score (nSPS) is 13.3. The predicted octanol–water partition coefficient (Wildman–Crippen LogP) is 4.80. The van der Waals surface area contributed by atoms with Crippen molar-refractivity contribution in [2.75, 3.05) is 22.8 Å². The van der Waals surface area contributed by atoms with Gasteiger partial charge in [-0.3, -0.25) is 9.10 Å². The second-order valence-corrected chi connectivity index (χ2v) is 9.82. The van der Waals surface area contributed by atoms with Crippen LogP contribution in [-0.2, 0) is 27.7 Å². The summed E-state index contributed by atoms with van der Waals surface area (Å²) in [6.07, 6.45) is 2.52. The Bertz CT molecular complexity index is 1210. The van der Waals surface area contributed by atoms with Crippen molar-refractivity contribution in [1.29, 1.82) is 0 Å². The van der Waals surface area contributed by atoms with Gasteiger partial charge in [0, 0.05) is 18.7 Å². The van der Waals surface area contributed by atoms with E-state index in [1.807, 2.05) is 43.3 Å². The summed E-state index contributed by atoms with van der Waals surface area (Å²) in [6.45, 7) is 2.99. The Labute approximate surface area is 195 Å². The van der Waals surface area contributed by atoms with E-state index < -0.39 is 10.0 Å². The van der Waals surface area contributed by atoms with E-state index >= 15 is 0 Å². The first-order chi connectivity index (χ1) is 16.0. The number of aryl methyl sites for hydroxylation is 2. The van der Waals surface area contributed by atoms with Crippen molar-refractivity contribution in [3.63, 3.8) is 0 Å². The lowest BCUT2D eigenvalue weighted by Crippen LogP contribution is -2.35. The van der Waals surface area contributed by atoms with Crippen LogP contribution in [0.2, 0.25) is 0 Å². The van der Waals surface area contributed by atoms with E-state index in [0.717, 1.165) is 35.4 Å². The summed E-state index contributed by atoms with van der Waals surface area (Å²) in [5.74, 6) is 0.666. The summed E-state index contributed by atoms with van der Waals surface area (Å²) in [7, 11) is -3.63. The maximum absolute atomic E-state index is 13.2. The molecule has 3 aromatic carbocycles. The Balaban J connectivity index is 1.37. The number of carbonyl (C=O) groups is 1. The highest BCUT2D eigenvalue weighted by atomic mass is 32.2. The fraction of sp³-hybridized carbons (Fsp3) is 0.269. The molecule has 3 aromatic rings. The molecule has 33 heavy (non-hydrogen) atoms. The summed E-state index contributed by atoms with van der Waals surface area (Å²) in [6, 6.07) is 21.7. The van der Waals surface area contributed by atoms with Gasteiger partial charge in [0.2, 0.25) is 5.91 Å². The van der Waals surface area contributed by atoms with E-state index in [1.165, 1.54) is 4.31 Å². The minimum atomic E-state index is -3.63. The van der Waals surface area contributed by atoms with Crippen molar-refractivity contribution in [3.8, 4) is 5.75 Å². The number of anilines is 2. The Kier molecular flexibility index (Phi) is 6.99. The molecule has 0 aromatic heterocycles. The molecule has 0 radical (unpaired) electrons. The van der Waals surface area contributed by atoms with Gasteiger partial charge >= 0.3 is 0 Å². The Morgan fingerprint density at radius 1 is 1.00 bits per heavy atom. The molecule has 172 valence electrons. The topological polar surface area (TPSA) is 75.7 Å². The van der Waals surface area contributed by atoms with Crippen molar-refractivity contribution in [1.82, 2.24) is 0 Å². The van der Waals surface area contributed by atoms with Crippen LogP contribution in [0.1, 0.15) is 30.9 Å². The highest BCUT2D eigenvalue weighted by Crippen LogP contribution is 2.31. The number of rotatable bonds is 8. The lowest BCUT2D eigenvalue weighted by atomic mass is 10.0. The number of hydrogen-bond donors (Lipinski definition) is 1. The molecule has 0 bridgehead atoms. The molecule has 0 saturated heterocycles. The molecule has 1 aliphatic heterocycles.